The SMILES string of the molecule is Nc1ncc(-c2nnc(C(F)F)o2)c(C2(c3ccccc3Cl)CCC2)n1. The lowest BCUT2D eigenvalue weighted by Gasteiger charge is -2.43. The van der Waals surface area contributed by atoms with Gasteiger partial charge in [0.15, 0.2) is 0 Å². The van der Waals surface area contributed by atoms with Crippen molar-refractivity contribution in [3.8, 4) is 11.5 Å². The van der Waals surface area contributed by atoms with Crippen molar-refractivity contribution in [2.75, 3.05) is 5.73 Å². The second-order valence-electron chi connectivity index (χ2n) is 6.15. The van der Waals surface area contributed by atoms with Gasteiger partial charge in [-0.25, -0.2) is 9.97 Å². The molecule has 134 valence electrons. The molecule has 0 radical (unpaired) electrons. The Kier molecular flexibility index (Phi) is 4.07. The molecule has 1 saturated carbocycles. The van der Waals surface area contributed by atoms with E-state index in [1.54, 1.807) is 0 Å². The highest BCUT2D eigenvalue weighted by Gasteiger charge is 2.45. The molecule has 1 aliphatic rings. The van der Waals surface area contributed by atoms with E-state index in [2.05, 4.69) is 20.2 Å². The summed E-state index contributed by atoms with van der Waals surface area (Å²) in [5.74, 6) is -0.729. The summed E-state index contributed by atoms with van der Waals surface area (Å²) in [6, 6.07) is 7.48. The van der Waals surface area contributed by atoms with E-state index in [-0.39, 0.29) is 11.8 Å². The molecule has 9 heteroatoms. The summed E-state index contributed by atoms with van der Waals surface area (Å²) < 4.78 is 30.8. The first kappa shape index (κ1) is 16.8. The molecule has 1 fully saturated rings. The van der Waals surface area contributed by atoms with Crippen LogP contribution in [-0.2, 0) is 5.41 Å². The van der Waals surface area contributed by atoms with Gasteiger partial charge in [0.25, 0.3) is 11.8 Å². The van der Waals surface area contributed by atoms with Crippen molar-refractivity contribution in [3.63, 3.8) is 0 Å². The number of nitrogen functional groups attached to an aromatic ring is 1. The average molecular weight is 378 g/mol. The third kappa shape index (κ3) is 2.61. The van der Waals surface area contributed by atoms with Crippen LogP contribution in [0.5, 0.6) is 0 Å². The first-order chi connectivity index (χ1) is 12.5. The predicted octanol–water partition coefficient (Wildman–Crippen LogP) is 4.17. The molecule has 1 aromatic carbocycles. The Bertz CT molecular complexity index is 958. The number of hydrogen-bond acceptors (Lipinski definition) is 6. The molecule has 2 N–H and O–H groups in total. The number of halogens is 3. The fourth-order valence-electron chi connectivity index (χ4n) is 3.36. The summed E-state index contributed by atoms with van der Waals surface area (Å²) in [5.41, 5.74) is 7.17. The normalized spacial score (nSPS) is 15.8. The molecule has 0 amide bonds. The van der Waals surface area contributed by atoms with Crippen LogP contribution in [0.3, 0.4) is 0 Å². The van der Waals surface area contributed by atoms with Crippen LogP contribution in [0.15, 0.2) is 34.9 Å². The van der Waals surface area contributed by atoms with Crippen LogP contribution in [-0.4, -0.2) is 20.2 Å². The molecule has 2 aromatic heterocycles. The van der Waals surface area contributed by atoms with Gasteiger partial charge in [0.1, 0.15) is 0 Å². The number of alkyl halides is 2. The maximum Gasteiger partial charge on any atom is 0.314 e. The smallest absolute Gasteiger partial charge is 0.314 e. The van der Waals surface area contributed by atoms with Gasteiger partial charge in [-0.1, -0.05) is 36.2 Å². The molecule has 1 aliphatic carbocycles. The molecular formula is C17H14ClF2N5O. The van der Waals surface area contributed by atoms with E-state index < -0.39 is 17.7 Å². The van der Waals surface area contributed by atoms with Crippen molar-refractivity contribution < 1.29 is 13.2 Å². The summed E-state index contributed by atoms with van der Waals surface area (Å²) in [6.45, 7) is 0. The zero-order chi connectivity index (χ0) is 18.3. The number of nitrogens with zero attached hydrogens (tertiary/aromatic N) is 4. The van der Waals surface area contributed by atoms with Crippen molar-refractivity contribution >= 4 is 17.5 Å². The fraction of sp³-hybridized carbons (Fsp3) is 0.294. The molecule has 0 bridgehead atoms. The highest BCUT2D eigenvalue weighted by Crippen LogP contribution is 2.52. The maximum absolute atomic E-state index is 12.8. The van der Waals surface area contributed by atoms with Crippen molar-refractivity contribution in [3.05, 3.63) is 52.6 Å². The largest absolute Gasteiger partial charge is 0.415 e. The average Bonchev–Trinajstić information content (AvgIpc) is 3.06. The number of hydrogen-bond donors (Lipinski definition) is 1. The summed E-state index contributed by atoms with van der Waals surface area (Å²) in [6.07, 6.45) is 1.13. The van der Waals surface area contributed by atoms with Gasteiger partial charge in [-0.3, -0.25) is 0 Å². The van der Waals surface area contributed by atoms with E-state index in [1.807, 2.05) is 24.3 Å². The molecule has 3 aromatic rings. The first-order valence-electron chi connectivity index (χ1n) is 8.01. The maximum atomic E-state index is 12.8. The van der Waals surface area contributed by atoms with E-state index in [0.717, 1.165) is 24.8 Å². The minimum atomic E-state index is -2.85. The number of benzene rings is 1. The van der Waals surface area contributed by atoms with E-state index in [4.69, 9.17) is 21.8 Å². The van der Waals surface area contributed by atoms with Gasteiger partial charge < -0.3 is 10.2 Å². The van der Waals surface area contributed by atoms with Gasteiger partial charge in [0.05, 0.1) is 11.3 Å². The lowest BCUT2D eigenvalue weighted by atomic mass is 9.61. The van der Waals surface area contributed by atoms with Gasteiger partial charge >= 0.3 is 6.43 Å². The monoisotopic (exact) mass is 377 g/mol. The van der Waals surface area contributed by atoms with E-state index in [1.165, 1.54) is 6.20 Å². The second kappa shape index (κ2) is 6.28. The molecule has 0 atom stereocenters. The number of rotatable bonds is 4. The zero-order valence-electron chi connectivity index (χ0n) is 13.5. The Balaban J connectivity index is 1.90. The number of nitrogens with two attached hydrogens (primary N) is 1. The summed E-state index contributed by atoms with van der Waals surface area (Å²) in [4.78, 5) is 8.38. The van der Waals surface area contributed by atoms with Gasteiger partial charge in [-0.15, -0.1) is 10.2 Å². The Morgan fingerprint density at radius 2 is 1.96 bits per heavy atom. The molecule has 6 nitrogen and oxygen atoms in total. The van der Waals surface area contributed by atoms with Crippen LogP contribution in [0.25, 0.3) is 11.5 Å². The van der Waals surface area contributed by atoms with Crippen molar-refractivity contribution in [2.45, 2.75) is 31.1 Å². The van der Waals surface area contributed by atoms with E-state index in [9.17, 15) is 8.78 Å². The van der Waals surface area contributed by atoms with Gasteiger partial charge in [0.2, 0.25) is 5.95 Å². The molecule has 2 heterocycles. The van der Waals surface area contributed by atoms with E-state index in [0.29, 0.717) is 16.3 Å². The van der Waals surface area contributed by atoms with Crippen molar-refractivity contribution in [1.82, 2.24) is 20.2 Å². The zero-order valence-corrected chi connectivity index (χ0v) is 14.2. The highest BCUT2D eigenvalue weighted by molar-refractivity contribution is 6.31. The van der Waals surface area contributed by atoms with Crippen LogP contribution in [0.1, 0.15) is 42.8 Å². The van der Waals surface area contributed by atoms with Crippen LogP contribution in [0, 0.1) is 0 Å². The van der Waals surface area contributed by atoms with Crippen LogP contribution >= 0.6 is 11.6 Å². The Morgan fingerprint density at radius 3 is 2.58 bits per heavy atom. The highest BCUT2D eigenvalue weighted by atomic mass is 35.5. The van der Waals surface area contributed by atoms with Crippen molar-refractivity contribution in [1.29, 1.82) is 0 Å². The minimum Gasteiger partial charge on any atom is -0.415 e. The predicted molar refractivity (Wildman–Crippen MR) is 90.8 cm³/mol. The topological polar surface area (TPSA) is 90.7 Å². The molecule has 0 unspecified atom stereocenters. The fourth-order valence-corrected chi connectivity index (χ4v) is 3.68. The molecule has 0 saturated heterocycles. The molecule has 4 rings (SSSR count). The third-order valence-corrected chi connectivity index (χ3v) is 5.04. The molecule has 0 spiro atoms. The van der Waals surface area contributed by atoms with Gasteiger partial charge in [-0.05, 0) is 24.5 Å². The standard InChI is InChI=1S/C17H14ClF2N5O/c18-11-5-2-1-4-10(11)17(6-3-7-17)12-9(8-22-16(21)23-12)14-24-25-15(26-14)13(19)20/h1-2,4-5,8,13H,3,6-7H2,(H2,21,22,23). The van der Waals surface area contributed by atoms with Crippen LogP contribution in [0.2, 0.25) is 5.02 Å². The van der Waals surface area contributed by atoms with E-state index >= 15 is 0 Å². The van der Waals surface area contributed by atoms with Gasteiger partial charge in [-0.2, -0.15) is 8.78 Å². The lowest BCUT2D eigenvalue weighted by molar-refractivity contribution is 0.116. The molecule has 26 heavy (non-hydrogen) atoms. The Labute approximate surface area is 152 Å². The number of anilines is 1. The Morgan fingerprint density at radius 1 is 1.19 bits per heavy atom. The summed E-state index contributed by atoms with van der Waals surface area (Å²) in [7, 11) is 0. The lowest BCUT2D eigenvalue weighted by Crippen LogP contribution is -2.37. The van der Waals surface area contributed by atoms with Crippen LogP contribution < -0.4 is 5.73 Å². The first-order valence-corrected chi connectivity index (χ1v) is 8.39. The molecule has 0 aliphatic heterocycles. The quantitative estimate of drug-likeness (QED) is 0.733. The number of aromatic nitrogens is 4. The summed E-state index contributed by atoms with van der Waals surface area (Å²) in [5, 5.41) is 7.73. The second-order valence-corrected chi connectivity index (χ2v) is 6.56. The third-order valence-electron chi connectivity index (χ3n) is 4.71. The minimum absolute atomic E-state index is 0.0615. The van der Waals surface area contributed by atoms with Gasteiger partial charge in [0, 0.05) is 16.6 Å². The summed E-state index contributed by atoms with van der Waals surface area (Å²) >= 11 is 6.43. The Hall–Kier alpha value is -2.61. The van der Waals surface area contributed by atoms with Crippen LogP contribution in [0.4, 0.5) is 14.7 Å². The van der Waals surface area contributed by atoms with Crippen molar-refractivity contribution in [2.24, 2.45) is 0 Å². The molecular weight excluding hydrogens is 364 g/mol.